The van der Waals surface area contributed by atoms with E-state index in [0.29, 0.717) is 5.82 Å². The fourth-order valence-electron chi connectivity index (χ4n) is 3.30. The molecule has 3 rings (SSSR count). The van der Waals surface area contributed by atoms with Gasteiger partial charge in [0.2, 0.25) is 0 Å². The fraction of sp³-hybridized carbons (Fsp3) is 0.444. The van der Waals surface area contributed by atoms with Crippen LogP contribution in [-0.4, -0.2) is 51.7 Å². The second-order valence-corrected chi connectivity index (χ2v) is 6.74. The summed E-state index contributed by atoms with van der Waals surface area (Å²) in [6.07, 6.45) is 0.822. The quantitative estimate of drug-likeness (QED) is 0.555. The van der Waals surface area contributed by atoms with Crippen LogP contribution in [0.25, 0.3) is 0 Å². The summed E-state index contributed by atoms with van der Waals surface area (Å²) in [5.74, 6) is 0.651. The van der Waals surface area contributed by atoms with Crippen molar-refractivity contribution >= 4 is 11.5 Å². The Morgan fingerprint density at radius 3 is 2.22 bits per heavy atom. The molecule has 1 aliphatic rings. The highest BCUT2D eigenvalue weighted by Crippen LogP contribution is 2.15. The van der Waals surface area contributed by atoms with Crippen LogP contribution < -0.4 is 16.1 Å². The summed E-state index contributed by atoms with van der Waals surface area (Å²) in [4.78, 5) is 38.7. The molecule has 0 radical (unpaired) electrons. The summed E-state index contributed by atoms with van der Waals surface area (Å²) in [5, 5.41) is 10.7. The molecule has 144 valence electrons. The number of non-ortho nitro benzene ring substituents is 1. The zero-order valence-electron chi connectivity index (χ0n) is 15.5. The first-order valence-corrected chi connectivity index (χ1v) is 8.84. The van der Waals surface area contributed by atoms with E-state index in [2.05, 4.69) is 9.80 Å². The lowest BCUT2D eigenvalue weighted by Gasteiger charge is -2.36. The molecule has 0 spiro atoms. The average Bonchev–Trinajstić information content (AvgIpc) is 2.68. The number of rotatable bonds is 5. The number of piperazine rings is 1. The molecule has 2 aromatic rings. The van der Waals surface area contributed by atoms with Gasteiger partial charge in [0.15, 0.2) is 0 Å². The van der Waals surface area contributed by atoms with Crippen LogP contribution in [0.2, 0.25) is 0 Å². The van der Waals surface area contributed by atoms with Gasteiger partial charge in [0.05, 0.1) is 4.92 Å². The van der Waals surface area contributed by atoms with Crippen LogP contribution in [0, 0.1) is 10.1 Å². The first-order chi connectivity index (χ1) is 12.9. The van der Waals surface area contributed by atoms with Crippen LogP contribution in [0.15, 0.2) is 39.9 Å². The lowest BCUT2D eigenvalue weighted by molar-refractivity contribution is -0.384. The molecule has 1 aromatic carbocycles. The first kappa shape index (κ1) is 18.8. The van der Waals surface area contributed by atoms with Gasteiger partial charge in [-0.2, -0.15) is 0 Å². The molecule has 1 aromatic heterocycles. The SMILES string of the molecule is Cn1c(N2CCN(CCc3ccc([N+](=O)[O-])cc3)CC2)cc(=O)n(C)c1=O. The highest BCUT2D eigenvalue weighted by molar-refractivity contribution is 5.39. The van der Waals surface area contributed by atoms with Crippen molar-refractivity contribution in [3.63, 3.8) is 0 Å². The van der Waals surface area contributed by atoms with Gasteiger partial charge in [-0.1, -0.05) is 12.1 Å². The summed E-state index contributed by atoms with van der Waals surface area (Å²) in [6, 6.07) is 8.16. The summed E-state index contributed by atoms with van der Waals surface area (Å²) < 4.78 is 2.61. The lowest BCUT2D eigenvalue weighted by Crippen LogP contribution is -2.49. The Kier molecular flexibility index (Phi) is 5.41. The van der Waals surface area contributed by atoms with Crippen LogP contribution in [0.4, 0.5) is 11.5 Å². The van der Waals surface area contributed by atoms with Crippen LogP contribution in [0.5, 0.6) is 0 Å². The Hall–Kier alpha value is -2.94. The Morgan fingerprint density at radius 2 is 1.63 bits per heavy atom. The normalized spacial score (nSPS) is 15.1. The van der Waals surface area contributed by atoms with Crippen molar-refractivity contribution in [3.05, 3.63) is 66.8 Å². The van der Waals surface area contributed by atoms with Gasteiger partial charge in [0, 0.05) is 65.0 Å². The zero-order chi connectivity index (χ0) is 19.6. The predicted molar refractivity (Wildman–Crippen MR) is 102 cm³/mol. The van der Waals surface area contributed by atoms with Crippen molar-refractivity contribution in [2.75, 3.05) is 37.6 Å². The van der Waals surface area contributed by atoms with Crippen molar-refractivity contribution in [2.45, 2.75) is 6.42 Å². The highest BCUT2D eigenvalue weighted by atomic mass is 16.6. The van der Waals surface area contributed by atoms with E-state index >= 15 is 0 Å². The van der Waals surface area contributed by atoms with Crippen LogP contribution >= 0.6 is 0 Å². The Balaban J connectivity index is 1.57. The number of nitro groups is 1. The first-order valence-electron chi connectivity index (χ1n) is 8.84. The van der Waals surface area contributed by atoms with Gasteiger partial charge in [0.25, 0.3) is 11.2 Å². The molecule has 0 aliphatic carbocycles. The summed E-state index contributed by atoms with van der Waals surface area (Å²) in [5.41, 5.74) is 0.552. The average molecular weight is 373 g/mol. The maximum Gasteiger partial charge on any atom is 0.332 e. The molecule has 0 unspecified atom stereocenters. The molecule has 9 nitrogen and oxygen atoms in total. The highest BCUT2D eigenvalue weighted by Gasteiger charge is 2.20. The Labute approximate surface area is 156 Å². The third-order valence-electron chi connectivity index (χ3n) is 5.06. The molecule has 1 fully saturated rings. The number of anilines is 1. The Bertz CT molecular complexity index is 940. The van der Waals surface area contributed by atoms with Crippen LogP contribution in [0.3, 0.4) is 0 Å². The van der Waals surface area contributed by atoms with Crippen molar-refractivity contribution in [2.24, 2.45) is 14.1 Å². The van der Waals surface area contributed by atoms with Gasteiger partial charge in [-0.25, -0.2) is 4.79 Å². The minimum absolute atomic E-state index is 0.104. The maximum absolute atomic E-state index is 12.1. The van der Waals surface area contributed by atoms with E-state index in [1.165, 1.54) is 29.8 Å². The topological polar surface area (TPSA) is 93.6 Å². The van der Waals surface area contributed by atoms with Crippen LogP contribution in [-0.2, 0) is 20.5 Å². The summed E-state index contributed by atoms with van der Waals surface area (Å²) >= 11 is 0. The van der Waals surface area contributed by atoms with Gasteiger partial charge in [-0.3, -0.25) is 28.9 Å². The van der Waals surface area contributed by atoms with Crippen molar-refractivity contribution < 1.29 is 4.92 Å². The van der Waals surface area contributed by atoms with E-state index in [1.54, 1.807) is 19.2 Å². The molecular formula is C18H23N5O4. The largest absolute Gasteiger partial charge is 0.355 e. The molecule has 2 heterocycles. The van der Waals surface area contributed by atoms with Gasteiger partial charge < -0.3 is 4.90 Å². The monoisotopic (exact) mass is 373 g/mol. The lowest BCUT2D eigenvalue weighted by atomic mass is 10.1. The second-order valence-electron chi connectivity index (χ2n) is 6.74. The van der Waals surface area contributed by atoms with Gasteiger partial charge in [-0.15, -0.1) is 0 Å². The van der Waals surface area contributed by atoms with Gasteiger partial charge >= 0.3 is 5.69 Å². The Morgan fingerprint density at radius 1 is 1.00 bits per heavy atom. The molecule has 1 saturated heterocycles. The second kappa shape index (κ2) is 7.75. The third-order valence-corrected chi connectivity index (χ3v) is 5.06. The molecule has 0 atom stereocenters. The number of aromatic nitrogens is 2. The van der Waals surface area contributed by atoms with E-state index in [4.69, 9.17) is 0 Å². The summed E-state index contributed by atoms with van der Waals surface area (Å²) in [7, 11) is 3.16. The van der Waals surface area contributed by atoms with E-state index in [9.17, 15) is 19.7 Å². The third kappa shape index (κ3) is 4.08. The van der Waals surface area contributed by atoms with Gasteiger partial charge in [-0.05, 0) is 12.0 Å². The number of hydrogen-bond acceptors (Lipinski definition) is 6. The number of nitro benzene ring substituents is 1. The molecule has 1 aliphatic heterocycles. The summed E-state index contributed by atoms with van der Waals surface area (Å²) in [6.45, 7) is 4.00. The minimum Gasteiger partial charge on any atom is -0.355 e. The van der Waals surface area contributed by atoms with E-state index in [1.807, 2.05) is 0 Å². The molecule has 9 heteroatoms. The van der Waals surface area contributed by atoms with E-state index in [0.717, 1.165) is 49.3 Å². The molecule has 0 N–H and O–H groups in total. The maximum atomic E-state index is 12.1. The fourth-order valence-corrected chi connectivity index (χ4v) is 3.30. The molecule has 27 heavy (non-hydrogen) atoms. The molecule has 0 saturated carbocycles. The minimum atomic E-state index is -0.396. The van der Waals surface area contributed by atoms with Crippen molar-refractivity contribution in [1.82, 2.24) is 14.0 Å². The smallest absolute Gasteiger partial charge is 0.332 e. The van der Waals surface area contributed by atoms with Crippen molar-refractivity contribution in [1.29, 1.82) is 0 Å². The molecular weight excluding hydrogens is 350 g/mol. The number of hydrogen-bond donors (Lipinski definition) is 0. The predicted octanol–water partition coefficient (Wildman–Crippen LogP) is 0.357. The van der Waals surface area contributed by atoms with E-state index in [-0.39, 0.29) is 16.9 Å². The van der Waals surface area contributed by atoms with Crippen LogP contribution in [0.1, 0.15) is 5.56 Å². The standard InChI is InChI=1S/C18H23N5O4/c1-19-16(13-17(24)20(2)18(19)25)22-11-9-21(10-12-22)8-7-14-3-5-15(6-4-14)23(26)27/h3-6,13H,7-12H2,1-2H3. The molecule has 0 bridgehead atoms. The number of nitrogens with zero attached hydrogens (tertiary/aromatic N) is 5. The number of benzene rings is 1. The van der Waals surface area contributed by atoms with Gasteiger partial charge in [0.1, 0.15) is 5.82 Å². The molecule has 0 amide bonds. The van der Waals surface area contributed by atoms with E-state index < -0.39 is 4.92 Å². The van der Waals surface area contributed by atoms with Crippen molar-refractivity contribution in [3.8, 4) is 0 Å². The zero-order valence-corrected chi connectivity index (χ0v) is 15.5.